The largest absolute Gasteiger partial charge is 0.418 e. The predicted molar refractivity (Wildman–Crippen MR) is 127 cm³/mol. The smallest absolute Gasteiger partial charge is 0.382 e. The highest BCUT2D eigenvalue weighted by atomic mass is 19.4. The molecule has 2 aromatic heterocycles. The number of aromatic nitrogens is 3. The van der Waals surface area contributed by atoms with E-state index < -0.39 is 101 Å². The van der Waals surface area contributed by atoms with Crippen molar-refractivity contribution in [3.05, 3.63) is 47.3 Å². The van der Waals surface area contributed by atoms with E-state index in [1.54, 1.807) is 0 Å². The number of rotatable bonds is 5. The number of anilines is 1. The zero-order valence-corrected chi connectivity index (χ0v) is 21.6. The van der Waals surface area contributed by atoms with Gasteiger partial charge in [0, 0.05) is 12.1 Å². The molecule has 3 heterocycles. The normalized spacial score (nSPS) is 19.5. The fraction of sp³-hybridized carbons (Fsp3) is 0.417. The Kier molecular flexibility index (Phi) is 7.78. The number of alkyl halides is 10. The van der Waals surface area contributed by atoms with Gasteiger partial charge in [0.15, 0.2) is 11.4 Å². The number of carbonyl (C=O) groups is 2. The third-order valence-corrected chi connectivity index (χ3v) is 6.78. The molecular formula is C24H20F10N6O3. The molecule has 1 saturated heterocycles. The van der Waals surface area contributed by atoms with Crippen molar-refractivity contribution < 1.29 is 58.6 Å². The highest BCUT2D eigenvalue weighted by Gasteiger charge is 2.52. The Bertz CT molecular complexity index is 1560. The first-order chi connectivity index (χ1) is 19.6. The first kappa shape index (κ1) is 31.8. The zero-order chi connectivity index (χ0) is 32.3. The molecule has 1 aromatic carbocycles. The molecule has 19 heteroatoms. The lowest BCUT2D eigenvalue weighted by Crippen LogP contribution is -2.47. The van der Waals surface area contributed by atoms with Gasteiger partial charge in [-0.3, -0.25) is 9.59 Å². The van der Waals surface area contributed by atoms with E-state index >= 15 is 0 Å². The Labute approximate surface area is 234 Å². The molecule has 2 amide bonds. The van der Waals surface area contributed by atoms with Crippen LogP contribution in [-0.4, -0.2) is 73.5 Å². The molecule has 43 heavy (non-hydrogen) atoms. The minimum Gasteiger partial charge on any atom is -0.382 e. The molecule has 4 N–H and O–H groups in total. The summed E-state index contributed by atoms with van der Waals surface area (Å²) < 4.78 is 137. The van der Waals surface area contributed by atoms with Crippen molar-refractivity contribution in [1.29, 1.82) is 0 Å². The van der Waals surface area contributed by atoms with Crippen molar-refractivity contribution in [1.82, 2.24) is 24.8 Å². The summed E-state index contributed by atoms with van der Waals surface area (Å²) in [5, 5.41) is 15.2. The second kappa shape index (κ2) is 10.5. The third kappa shape index (κ3) is 6.16. The summed E-state index contributed by atoms with van der Waals surface area (Å²) in [5.41, 5.74) is -3.33. The standard InChI is InChI=1S/C24H20F10N6O3/c1-21(43,24(32,33)34)6-17(41)39-7-14(25)15(8-39)38-20(42)11-4-10(2-3-12(11)22(26,27)28)16-5-13(23(29,30)31)18-19(35)36-9-37-40(16)18/h2-5,9,14-15,43H,6-8H2,1H3,(H,38,42)(H2,35,36,37)/t14-,15+,21?/m0/s1. The average molecular weight is 630 g/mol. The van der Waals surface area contributed by atoms with Crippen molar-refractivity contribution in [2.45, 2.75) is 49.7 Å². The van der Waals surface area contributed by atoms with E-state index in [9.17, 15) is 58.6 Å². The first-order valence-corrected chi connectivity index (χ1v) is 12.0. The Hall–Kier alpha value is -4.16. The van der Waals surface area contributed by atoms with Gasteiger partial charge < -0.3 is 21.1 Å². The topological polar surface area (TPSA) is 126 Å². The quantitative estimate of drug-likeness (QED) is 0.366. The van der Waals surface area contributed by atoms with Gasteiger partial charge >= 0.3 is 18.5 Å². The molecule has 0 bridgehead atoms. The second-order valence-corrected chi connectivity index (χ2v) is 9.95. The lowest BCUT2D eigenvalue weighted by Gasteiger charge is -2.27. The van der Waals surface area contributed by atoms with Crippen LogP contribution < -0.4 is 11.1 Å². The van der Waals surface area contributed by atoms with Crippen molar-refractivity contribution in [3.8, 4) is 11.3 Å². The van der Waals surface area contributed by atoms with E-state index in [1.807, 2.05) is 5.32 Å². The van der Waals surface area contributed by atoms with Crippen LogP contribution in [0, 0.1) is 0 Å². The first-order valence-electron chi connectivity index (χ1n) is 12.0. The zero-order valence-electron chi connectivity index (χ0n) is 21.6. The molecular weight excluding hydrogens is 610 g/mol. The van der Waals surface area contributed by atoms with Crippen LogP contribution >= 0.6 is 0 Å². The minimum absolute atomic E-state index is 0.324. The Morgan fingerprint density at radius 3 is 2.23 bits per heavy atom. The Balaban J connectivity index is 1.67. The Morgan fingerprint density at radius 2 is 1.65 bits per heavy atom. The van der Waals surface area contributed by atoms with Gasteiger partial charge in [0.25, 0.3) is 5.91 Å². The van der Waals surface area contributed by atoms with Crippen molar-refractivity contribution in [3.63, 3.8) is 0 Å². The lowest BCUT2D eigenvalue weighted by atomic mass is 10.00. The molecule has 1 unspecified atom stereocenters. The molecule has 0 spiro atoms. The highest BCUT2D eigenvalue weighted by Crippen LogP contribution is 2.40. The number of nitrogens with one attached hydrogen (secondary N) is 1. The van der Waals surface area contributed by atoms with Gasteiger partial charge in [-0.15, -0.1) is 0 Å². The molecule has 3 aromatic rings. The molecule has 1 aliphatic heterocycles. The summed E-state index contributed by atoms with van der Waals surface area (Å²) in [6.45, 7) is -1.25. The molecule has 234 valence electrons. The van der Waals surface area contributed by atoms with Crippen LogP contribution in [0.1, 0.15) is 34.8 Å². The second-order valence-electron chi connectivity index (χ2n) is 9.95. The van der Waals surface area contributed by atoms with Crippen LogP contribution in [0.2, 0.25) is 0 Å². The van der Waals surface area contributed by atoms with E-state index in [-0.39, 0.29) is 5.56 Å². The lowest BCUT2D eigenvalue weighted by molar-refractivity contribution is -0.254. The monoisotopic (exact) mass is 630 g/mol. The molecule has 3 atom stereocenters. The van der Waals surface area contributed by atoms with Crippen molar-refractivity contribution in [2.24, 2.45) is 0 Å². The van der Waals surface area contributed by atoms with Crippen LogP contribution in [0.5, 0.6) is 0 Å². The molecule has 9 nitrogen and oxygen atoms in total. The number of nitrogens with zero attached hydrogens (tertiary/aromatic N) is 4. The van der Waals surface area contributed by atoms with Gasteiger partial charge in [0.2, 0.25) is 5.91 Å². The van der Waals surface area contributed by atoms with Crippen LogP contribution in [0.3, 0.4) is 0 Å². The van der Waals surface area contributed by atoms with E-state index in [1.165, 1.54) is 0 Å². The fourth-order valence-corrected chi connectivity index (χ4v) is 4.48. The summed E-state index contributed by atoms with van der Waals surface area (Å²) in [6, 6.07) is 0.663. The van der Waals surface area contributed by atoms with Gasteiger partial charge in [-0.25, -0.2) is 13.9 Å². The van der Waals surface area contributed by atoms with Crippen molar-refractivity contribution >= 4 is 23.1 Å². The third-order valence-electron chi connectivity index (χ3n) is 6.78. The molecule has 4 rings (SSSR count). The number of nitrogens with two attached hydrogens (primary N) is 1. The van der Waals surface area contributed by atoms with Gasteiger partial charge in [0.1, 0.15) is 18.0 Å². The molecule has 0 saturated carbocycles. The number of carbonyl (C=O) groups excluding carboxylic acids is 2. The number of aliphatic hydroxyl groups is 1. The average Bonchev–Trinajstić information content (AvgIpc) is 3.44. The number of hydrogen-bond donors (Lipinski definition) is 3. The summed E-state index contributed by atoms with van der Waals surface area (Å²) >= 11 is 0. The molecule has 1 fully saturated rings. The molecule has 1 aliphatic rings. The van der Waals surface area contributed by atoms with E-state index in [4.69, 9.17) is 5.73 Å². The maximum atomic E-state index is 14.7. The van der Waals surface area contributed by atoms with E-state index in [0.29, 0.717) is 34.5 Å². The van der Waals surface area contributed by atoms with Crippen LogP contribution in [0.4, 0.5) is 49.7 Å². The van der Waals surface area contributed by atoms with E-state index in [0.717, 1.165) is 12.4 Å². The summed E-state index contributed by atoms with van der Waals surface area (Å²) in [7, 11) is 0. The minimum atomic E-state index is -5.20. The number of hydrogen-bond acceptors (Lipinski definition) is 6. The number of nitrogen functional groups attached to an aromatic ring is 1. The number of amides is 2. The van der Waals surface area contributed by atoms with Gasteiger partial charge in [0.05, 0.1) is 41.4 Å². The summed E-state index contributed by atoms with van der Waals surface area (Å²) in [6.07, 6.45) is -18.1. The fourth-order valence-electron chi connectivity index (χ4n) is 4.48. The maximum absolute atomic E-state index is 14.7. The van der Waals surface area contributed by atoms with Crippen LogP contribution in [0.15, 0.2) is 30.6 Å². The SMILES string of the molecule is CC(O)(CC(=O)N1C[C@H](F)[C@H](NC(=O)c2cc(-c3cc(C(F)(F)F)c4c(N)ncnn34)ccc2C(F)(F)F)C1)C(F)(F)F. The van der Waals surface area contributed by atoms with Crippen LogP contribution in [0.25, 0.3) is 16.8 Å². The number of halogens is 10. The van der Waals surface area contributed by atoms with Gasteiger partial charge in [-0.1, -0.05) is 6.07 Å². The number of benzene rings is 1. The number of fused-ring (bicyclic) bond motifs is 1. The Morgan fingerprint density at radius 1 is 1.02 bits per heavy atom. The maximum Gasteiger partial charge on any atom is 0.418 e. The predicted octanol–water partition coefficient (Wildman–Crippen LogP) is 4.00. The van der Waals surface area contributed by atoms with Gasteiger partial charge in [-0.05, 0) is 25.1 Å². The molecule has 0 aliphatic carbocycles. The highest BCUT2D eigenvalue weighted by molar-refractivity contribution is 5.97. The van der Waals surface area contributed by atoms with Crippen molar-refractivity contribution in [2.75, 3.05) is 18.8 Å². The molecule has 0 radical (unpaired) electrons. The van der Waals surface area contributed by atoms with E-state index in [2.05, 4.69) is 10.1 Å². The summed E-state index contributed by atoms with van der Waals surface area (Å²) in [5.74, 6) is -3.46. The van der Waals surface area contributed by atoms with Gasteiger partial charge in [-0.2, -0.15) is 44.6 Å². The number of likely N-dealkylation sites (tertiary alicyclic amines) is 1. The van der Waals surface area contributed by atoms with Crippen LogP contribution in [-0.2, 0) is 17.1 Å². The summed E-state index contributed by atoms with van der Waals surface area (Å²) in [4.78, 5) is 29.4.